The molecule has 5 heteroatoms. The molecule has 0 saturated carbocycles. The Morgan fingerprint density at radius 1 is 1.19 bits per heavy atom. The van der Waals surface area contributed by atoms with Crippen molar-refractivity contribution >= 4 is 38.7 Å². The van der Waals surface area contributed by atoms with Gasteiger partial charge in [0.2, 0.25) is 0 Å². The molecule has 106 valence electrons. The number of benzene rings is 1. The molecule has 1 heterocycles. The van der Waals surface area contributed by atoms with Crippen LogP contribution in [0.3, 0.4) is 0 Å². The summed E-state index contributed by atoms with van der Waals surface area (Å²) in [6.45, 7) is 0. The maximum absolute atomic E-state index is 4.02. The monoisotopic (exact) mass is 474 g/mol. The number of halogens is 3. The minimum atomic E-state index is -0.621. The number of thioether (sulfide) groups is 1. The molecule has 0 fully saturated rings. The zero-order valence-electron chi connectivity index (χ0n) is 10.9. The van der Waals surface area contributed by atoms with Crippen molar-refractivity contribution in [3.63, 3.8) is 0 Å². The van der Waals surface area contributed by atoms with Crippen molar-refractivity contribution in [3.8, 4) is 0 Å². The molecule has 4 rings (SSSR count). The van der Waals surface area contributed by atoms with E-state index in [2.05, 4.69) is 70.6 Å². The second-order valence-corrected chi connectivity index (χ2v) is 14.7. The van der Waals surface area contributed by atoms with E-state index in [4.69, 9.17) is 0 Å². The van der Waals surface area contributed by atoms with Gasteiger partial charge in [-0.1, -0.05) is 0 Å². The fourth-order valence-electron chi connectivity index (χ4n) is 2.64. The number of hydrogen-bond acceptors (Lipinski definition) is 1. The fourth-order valence-corrected chi connectivity index (χ4v) is 10.5. The van der Waals surface area contributed by atoms with E-state index in [0.29, 0.717) is 0 Å². The summed E-state index contributed by atoms with van der Waals surface area (Å²) < 4.78 is 1.89. The number of hydrogen-bond donors (Lipinski definition) is 0. The van der Waals surface area contributed by atoms with Crippen LogP contribution in [0.4, 0.5) is 0 Å². The topological polar surface area (TPSA) is 0 Å². The first-order valence-electron chi connectivity index (χ1n) is 6.30. The van der Waals surface area contributed by atoms with Gasteiger partial charge in [0.1, 0.15) is 0 Å². The van der Waals surface area contributed by atoms with Crippen molar-refractivity contribution in [2.24, 2.45) is 0 Å². The minimum absolute atomic E-state index is 0. The van der Waals surface area contributed by atoms with Gasteiger partial charge in [0.05, 0.1) is 0 Å². The SMILES string of the molecule is Br[C]1([Zr+2][C]2=CC=CC2)C=C2C=c3ccccc3=C2S1.[Cl-].[Cl-]. The molecule has 0 amide bonds. The van der Waals surface area contributed by atoms with Crippen LogP contribution in [0.1, 0.15) is 6.42 Å². The Morgan fingerprint density at radius 2 is 2.00 bits per heavy atom. The van der Waals surface area contributed by atoms with E-state index < -0.39 is 23.2 Å². The van der Waals surface area contributed by atoms with Gasteiger partial charge < -0.3 is 24.8 Å². The summed E-state index contributed by atoms with van der Waals surface area (Å²) in [6, 6.07) is 8.71. The third-order valence-electron chi connectivity index (χ3n) is 3.47. The van der Waals surface area contributed by atoms with Crippen LogP contribution in [0.5, 0.6) is 0 Å². The molecular weight excluding hydrogens is 466 g/mol. The van der Waals surface area contributed by atoms with Crippen LogP contribution in [-0.4, -0.2) is 1.36 Å². The largest absolute Gasteiger partial charge is 1.00 e. The maximum Gasteiger partial charge on any atom is -1.00 e. The fraction of sp³-hybridized carbons (Fsp3) is 0.125. The molecule has 1 aromatic carbocycles. The molecule has 0 nitrogen and oxygen atoms in total. The Bertz CT molecular complexity index is 782. The van der Waals surface area contributed by atoms with Crippen molar-refractivity contribution in [1.82, 2.24) is 0 Å². The van der Waals surface area contributed by atoms with Crippen molar-refractivity contribution in [2.75, 3.05) is 0 Å². The molecule has 1 unspecified atom stereocenters. The predicted octanol–water partition coefficient (Wildman–Crippen LogP) is -2.75. The molecule has 1 atom stereocenters. The standard InChI is InChI=1S/C11H6BrS.C5H5.2ClH.Zr/c12-10-6-8-5-7-3-1-2-4-9(7)11(8)13-10;1-2-4-5-3-1;;;/h1-6H;1-3H,4H2;2*1H;/q;;;;+2/p-2. The van der Waals surface area contributed by atoms with Crippen LogP contribution in [0.15, 0.2) is 57.4 Å². The van der Waals surface area contributed by atoms with Crippen LogP contribution in [0.25, 0.3) is 11.0 Å². The van der Waals surface area contributed by atoms with Crippen LogP contribution >= 0.6 is 27.7 Å². The number of allylic oxidation sites excluding steroid dienone is 4. The van der Waals surface area contributed by atoms with Crippen LogP contribution in [0.2, 0.25) is 0 Å². The van der Waals surface area contributed by atoms with Crippen LogP contribution in [-0.2, 0) is 23.2 Å². The Balaban J connectivity index is 0.000000807. The first-order chi connectivity index (χ1) is 9.23. The maximum atomic E-state index is 4.02. The molecule has 0 aromatic heterocycles. The van der Waals surface area contributed by atoms with E-state index in [0.717, 1.165) is 0 Å². The molecule has 0 bridgehead atoms. The van der Waals surface area contributed by atoms with E-state index in [-0.39, 0.29) is 26.2 Å². The second kappa shape index (κ2) is 6.93. The summed E-state index contributed by atoms with van der Waals surface area (Å²) in [7, 11) is 0. The smallest absolute Gasteiger partial charge is 1.00 e. The van der Waals surface area contributed by atoms with Gasteiger partial charge in [0.25, 0.3) is 0 Å². The first-order valence-corrected chi connectivity index (χ1v) is 10.4. The molecule has 3 aliphatic rings. The summed E-state index contributed by atoms with van der Waals surface area (Å²) >= 11 is 5.42. The molecule has 1 aliphatic heterocycles. The summed E-state index contributed by atoms with van der Waals surface area (Å²) in [4.78, 5) is 1.47. The summed E-state index contributed by atoms with van der Waals surface area (Å²) in [5.41, 5.74) is 1.43. The Morgan fingerprint density at radius 3 is 2.76 bits per heavy atom. The minimum Gasteiger partial charge on any atom is -1.00 e. The molecule has 0 N–H and O–H groups in total. The van der Waals surface area contributed by atoms with Crippen LogP contribution < -0.4 is 35.3 Å². The van der Waals surface area contributed by atoms with Gasteiger partial charge in [-0.2, -0.15) is 0 Å². The summed E-state index contributed by atoms with van der Waals surface area (Å²) in [5.74, 6) is 0. The zero-order chi connectivity index (χ0) is 12.9. The van der Waals surface area contributed by atoms with Gasteiger partial charge in [-0.25, -0.2) is 0 Å². The van der Waals surface area contributed by atoms with Gasteiger partial charge in [0, 0.05) is 0 Å². The molecule has 0 saturated heterocycles. The number of alkyl halides is 1. The van der Waals surface area contributed by atoms with Crippen molar-refractivity contribution in [1.29, 1.82) is 0 Å². The molecule has 0 radical (unpaired) electrons. The summed E-state index contributed by atoms with van der Waals surface area (Å²) in [5, 5.41) is 2.79. The van der Waals surface area contributed by atoms with E-state index in [1.54, 1.807) is 3.28 Å². The quantitative estimate of drug-likeness (QED) is 0.417. The molecule has 21 heavy (non-hydrogen) atoms. The Kier molecular flexibility index (Phi) is 5.88. The van der Waals surface area contributed by atoms with Crippen molar-refractivity contribution in [3.05, 3.63) is 67.9 Å². The normalized spacial score (nSPS) is 24.0. The van der Waals surface area contributed by atoms with Gasteiger partial charge in [-0.15, -0.1) is 0 Å². The van der Waals surface area contributed by atoms with E-state index in [1.165, 1.54) is 27.3 Å². The van der Waals surface area contributed by atoms with Crippen molar-refractivity contribution in [2.45, 2.75) is 7.79 Å². The third kappa shape index (κ3) is 3.38. The van der Waals surface area contributed by atoms with Gasteiger partial charge in [0.15, 0.2) is 0 Å². The second-order valence-electron chi connectivity index (χ2n) is 4.86. The van der Waals surface area contributed by atoms with E-state index >= 15 is 0 Å². The average molecular weight is 477 g/mol. The predicted molar refractivity (Wildman–Crippen MR) is 82.7 cm³/mol. The molecule has 2 aliphatic carbocycles. The Labute approximate surface area is 161 Å². The number of fused-ring (bicyclic) bond motifs is 2. The van der Waals surface area contributed by atoms with Crippen molar-refractivity contribution < 1.29 is 48.0 Å². The van der Waals surface area contributed by atoms with Gasteiger partial charge in [-0.05, 0) is 0 Å². The third-order valence-corrected chi connectivity index (χ3v) is 10.7. The zero-order valence-corrected chi connectivity index (χ0v) is 17.3. The molecular formula is C16H11BrCl2SZr. The van der Waals surface area contributed by atoms with E-state index in [1.807, 2.05) is 11.8 Å². The Hall–Kier alpha value is 0.473. The van der Waals surface area contributed by atoms with Crippen LogP contribution in [0, 0.1) is 0 Å². The average Bonchev–Trinajstić information content (AvgIpc) is 3.04. The summed E-state index contributed by atoms with van der Waals surface area (Å²) in [6.07, 6.45) is 12.8. The van der Waals surface area contributed by atoms with E-state index in [9.17, 15) is 0 Å². The van der Waals surface area contributed by atoms with Gasteiger partial charge >= 0.3 is 138 Å². The van der Waals surface area contributed by atoms with Gasteiger partial charge in [-0.3, -0.25) is 0 Å². The number of rotatable bonds is 2. The molecule has 1 aromatic rings. The first kappa shape index (κ1) is 17.8. The molecule has 0 spiro atoms.